The fourth-order valence-corrected chi connectivity index (χ4v) is 0. The zero-order chi connectivity index (χ0) is 3.41. The number of rotatable bonds is 0. The summed E-state index contributed by atoms with van der Waals surface area (Å²) in [5, 5.41) is 0. The Hall–Kier alpha value is 0.300. The zero-order valence-electron chi connectivity index (χ0n) is 2.09. The fourth-order valence-electron chi connectivity index (χ4n) is 0. The molecule has 0 aromatic rings. The molecule has 0 amide bonds. The molecule has 0 saturated heterocycles. The summed E-state index contributed by atoms with van der Waals surface area (Å²) in [6, 6.07) is 0. The summed E-state index contributed by atoms with van der Waals surface area (Å²) < 4.78 is 0.792. The second kappa shape index (κ2) is 3.30. The van der Waals surface area contributed by atoms with Crippen molar-refractivity contribution in [2.24, 2.45) is 0 Å². The van der Waals surface area contributed by atoms with E-state index in [0.29, 0.717) is 0 Å². The Labute approximate surface area is 38.5 Å². The van der Waals surface area contributed by atoms with Gasteiger partial charge in [0.05, 0.1) is 0 Å². The van der Waals surface area contributed by atoms with E-state index in [1.165, 1.54) is 0 Å². The van der Waals surface area contributed by atoms with E-state index >= 15 is 0 Å². The third-order valence-electron chi connectivity index (χ3n) is 0.0615. The SMILES string of the molecule is C#C[CH2][Au]. The summed E-state index contributed by atoms with van der Waals surface area (Å²) >= 11 is 2.26. The topological polar surface area (TPSA) is 0 Å². The van der Waals surface area contributed by atoms with Crippen LogP contribution >= 0.6 is 0 Å². The second-order valence-corrected chi connectivity index (χ2v) is 1.08. The molecule has 0 heterocycles. The maximum absolute atomic E-state index is 4.76. The molecule has 0 aliphatic heterocycles. The van der Waals surface area contributed by atoms with E-state index < -0.39 is 0 Å². The van der Waals surface area contributed by atoms with Crippen molar-refractivity contribution in [1.29, 1.82) is 0 Å². The number of terminal acetylenes is 1. The van der Waals surface area contributed by atoms with Gasteiger partial charge in [-0.1, -0.05) is 0 Å². The first-order valence-corrected chi connectivity index (χ1v) is 2.39. The van der Waals surface area contributed by atoms with E-state index in [-0.39, 0.29) is 0 Å². The minimum atomic E-state index is 0.792. The van der Waals surface area contributed by atoms with Crippen molar-refractivity contribution in [3.63, 3.8) is 0 Å². The molecule has 0 aliphatic rings. The molecule has 0 fully saturated rings. The summed E-state index contributed by atoms with van der Waals surface area (Å²) in [7, 11) is 0. The van der Waals surface area contributed by atoms with E-state index in [9.17, 15) is 0 Å². The van der Waals surface area contributed by atoms with Crippen LogP contribution in [0, 0.1) is 12.3 Å². The molecule has 4 heavy (non-hydrogen) atoms. The van der Waals surface area contributed by atoms with Crippen LogP contribution in [-0.4, -0.2) is 0 Å². The van der Waals surface area contributed by atoms with Gasteiger partial charge in [0.1, 0.15) is 0 Å². The van der Waals surface area contributed by atoms with E-state index in [4.69, 9.17) is 6.42 Å². The van der Waals surface area contributed by atoms with Crippen LogP contribution < -0.4 is 0 Å². The standard InChI is InChI=1S/C3H3.Au/c1-3-2;/h1H,2H2;. The number of hydrogen-bond donors (Lipinski definition) is 0. The van der Waals surface area contributed by atoms with Crippen LogP contribution in [0.2, 0.25) is 4.64 Å². The number of hydrogen-bond acceptors (Lipinski definition) is 0. The van der Waals surface area contributed by atoms with E-state index in [0.717, 1.165) is 4.64 Å². The van der Waals surface area contributed by atoms with Gasteiger partial charge < -0.3 is 0 Å². The van der Waals surface area contributed by atoms with Crippen LogP contribution in [0.4, 0.5) is 0 Å². The Morgan fingerprint density at radius 3 is 2.25 bits per heavy atom. The van der Waals surface area contributed by atoms with Crippen molar-refractivity contribution < 1.29 is 21.1 Å². The summed E-state index contributed by atoms with van der Waals surface area (Å²) in [6.07, 6.45) is 4.76. The van der Waals surface area contributed by atoms with E-state index in [2.05, 4.69) is 27.0 Å². The molecule has 1 heteroatoms. The summed E-state index contributed by atoms with van der Waals surface area (Å²) in [6.45, 7) is 0. The molecule has 0 radical (unpaired) electrons. The van der Waals surface area contributed by atoms with Crippen LogP contribution in [0.25, 0.3) is 0 Å². The van der Waals surface area contributed by atoms with Gasteiger partial charge in [-0.3, -0.25) is 0 Å². The molecular weight excluding hydrogens is 233 g/mol. The molecule has 0 spiro atoms. The molecule has 0 N–H and O–H groups in total. The van der Waals surface area contributed by atoms with E-state index in [1.807, 2.05) is 0 Å². The fraction of sp³-hybridized carbons (Fsp3) is 0.333. The van der Waals surface area contributed by atoms with Crippen molar-refractivity contribution in [2.75, 3.05) is 0 Å². The van der Waals surface area contributed by atoms with Gasteiger partial charge in [0.15, 0.2) is 0 Å². The predicted molar refractivity (Wildman–Crippen MR) is 13.6 cm³/mol. The minimum absolute atomic E-state index is 0.792. The molecule has 0 aliphatic carbocycles. The van der Waals surface area contributed by atoms with Gasteiger partial charge in [-0.15, -0.1) is 0 Å². The molecular formula is C3H3Au. The third kappa shape index (κ3) is 2.30. The Morgan fingerprint density at radius 1 is 2.00 bits per heavy atom. The Morgan fingerprint density at radius 2 is 2.25 bits per heavy atom. The summed E-state index contributed by atoms with van der Waals surface area (Å²) in [5.41, 5.74) is 0. The van der Waals surface area contributed by atoms with Gasteiger partial charge in [0.25, 0.3) is 0 Å². The van der Waals surface area contributed by atoms with E-state index in [1.54, 1.807) is 0 Å². The Kier molecular flexibility index (Phi) is 3.55. The van der Waals surface area contributed by atoms with Crippen molar-refractivity contribution >= 4 is 0 Å². The molecule has 0 nitrogen and oxygen atoms in total. The molecule has 0 aromatic carbocycles. The Balaban J connectivity index is 2.43. The zero-order valence-corrected chi connectivity index (χ0v) is 4.25. The van der Waals surface area contributed by atoms with Gasteiger partial charge >= 0.3 is 38.0 Å². The van der Waals surface area contributed by atoms with Gasteiger partial charge in [-0.05, 0) is 0 Å². The van der Waals surface area contributed by atoms with Crippen LogP contribution in [0.1, 0.15) is 0 Å². The normalized spacial score (nSPS) is 5.25. The molecule has 0 bridgehead atoms. The van der Waals surface area contributed by atoms with Crippen LogP contribution in [-0.2, 0) is 21.1 Å². The van der Waals surface area contributed by atoms with Crippen molar-refractivity contribution in [3.8, 4) is 12.3 Å². The Bertz CT molecular complexity index is 33.0. The maximum atomic E-state index is 4.76. The summed E-state index contributed by atoms with van der Waals surface area (Å²) in [5.74, 6) is 2.41. The van der Waals surface area contributed by atoms with Gasteiger partial charge in [-0.25, -0.2) is 0 Å². The van der Waals surface area contributed by atoms with Gasteiger partial charge in [0.2, 0.25) is 0 Å². The van der Waals surface area contributed by atoms with Crippen molar-refractivity contribution in [3.05, 3.63) is 0 Å². The predicted octanol–water partition coefficient (Wildman–Crippen LogP) is 0.585. The summed E-state index contributed by atoms with van der Waals surface area (Å²) in [4.78, 5) is 0. The van der Waals surface area contributed by atoms with Gasteiger partial charge in [-0.2, -0.15) is 0 Å². The first-order valence-electron chi connectivity index (χ1n) is 0.855. The van der Waals surface area contributed by atoms with Crippen LogP contribution in [0.15, 0.2) is 0 Å². The third-order valence-corrected chi connectivity index (χ3v) is 0.504. The molecule has 0 atom stereocenters. The second-order valence-electron chi connectivity index (χ2n) is 0.311. The first kappa shape index (κ1) is 4.30. The first-order chi connectivity index (χ1) is 1.91. The van der Waals surface area contributed by atoms with Crippen molar-refractivity contribution in [1.82, 2.24) is 0 Å². The molecule has 0 aromatic heterocycles. The van der Waals surface area contributed by atoms with Crippen LogP contribution in [0.3, 0.4) is 0 Å². The average Bonchev–Trinajstić information content (AvgIpc) is 1.37. The molecule has 26 valence electrons. The quantitative estimate of drug-likeness (QED) is 0.426. The molecule has 0 rings (SSSR count). The van der Waals surface area contributed by atoms with Crippen molar-refractivity contribution in [2.45, 2.75) is 4.64 Å². The average molecular weight is 236 g/mol. The molecule has 0 saturated carbocycles. The van der Waals surface area contributed by atoms with Crippen LogP contribution in [0.5, 0.6) is 0 Å². The molecule has 0 unspecified atom stereocenters. The van der Waals surface area contributed by atoms with Gasteiger partial charge in [0, 0.05) is 0 Å². The monoisotopic (exact) mass is 236 g/mol.